The van der Waals surface area contributed by atoms with E-state index in [1.54, 1.807) is 17.9 Å². The molecule has 0 aliphatic rings. The minimum atomic E-state index is -3.52. The first-order valence-electron chi connectivity index (χ1n) is 11.6. The predicted molar refractivity (Wildman–Crippen MR) is 145 cm³/mol. The second kappa shape index (κ2) is 12.0. The van der Waals surface area contributed by atoms with Crippen LogP contribution >= 0.6 is 15.9 Å². The minimum absolute atomic E-state index is 0.113. The van der Waals surface area contributed by atoms with E-state index in [1.165, 1.54) is 4.31 Å². The third-order valence-electron chi connectivity index (χ3n) is 5.37. The summed E-state index contributed by atoms with van der Waals surface area (Å²) in [4.78, 5) is 27.8. The van der Waals surface area contributed by atoms with Crippen LogP contribution in [0, 0.1) is 6.92 Å². The van der Waals surface area contributed by atoms with Crippen molar-refractivity contribution < 1.29 is 18.0 Å². The highest BCUT2D eigenvalue weighted by Gasteiger charge is 2.28. The van der Waals surface area contributed by atoms with Crippen molar-refractivity contribution in [2.24, 2.45) is 0 Å². The highest BCUT2D eigenvalue weighted by molar-refractivity contribution is 9.10. The summed E-state index contributed by atoms with van der Waals surface area (Å²) >= 11 is 3.41. The summed E-state index contributed by atoms with van der Waals surface area (Å²) in [5, 5.41) is 2.94. The highest BCUT2D eigenvalue weighted by Crippen LogP contribution is 2.21. The van der Waals surface area contributed by atoms with E-state index >= 15 is 0 Å². The van der Waals surface area contributed by atoms with Gasteiger partial charge in [0.2, 0.25) is 21.8 Å². The molecule has 2 aromatic rings. The summed E-state index contributed by atoms with van der Waals surface area (Å²) in [7, 11) is -3.52. The van der Waals surface area contributed by atoms with Crippen LogP contribution in [-0.4, -0.2) is 49.5 Å². The lowest BCUT2D eigenvalue weighted by Crippen LogP contribution is -2.52. The third-order valence-corrected chi connectivity index (χ3v) is 7.10. The van der Waals surface area contributed by atoms with Crippen molar-refractivity contribution in [3.8, 4) is 0 Å². The van der Waals surface area contributed by atoms with Crippen molar-refractivity contribution in [3.63, 3.8) is 0 Å². The zero-order valence-electron chi connectivity index (χ0n) is 21.3. The van der Waals surface area contributed by atoms with Crippen LogP contribution < -0.4 is 9.62 Å². The standard InChI is InChI=1S/C26H36BrN3O4S/c1-19-9-7-10-23(17-19)30(35(6,33)34)16-8-11-24(31)29(18-21-12-14-22(27)15-13-21)20(2)25(32)28-26(3,4)5/h7,9-10,12-15,17,20H,8,11,16,18H2,1-6H3,(H,28,32)/t20-/m0/s1. The fourth-order valence-electron chi connectivity index (χ4n) is 3.63. The molecule has 0 radical (unpaired) electrons. The summed E-state index contributed by atoms with van der Waals surface area (Å²) in [5.41, 5.74) is 1.99. The first kappa shape index (κ1) is 28.8. The molecular formula is C26H36BrN3O4S. The number of rotatable bonds is 10. The molecule has 9 heteroatoms. The van der Waals surface area contributed by atoms with E-state index in [9.17, 15) is 18.0 Å². The van der Waals surface area contributed by atoms with Gasteiger partial charge in [0.1, 0.15) is 6.04 Å². The average Bonchev–Trinajstić information content (AvgIpc) is 2.73. The van der Waals surface area contributed by atoms with E-state index in [1.807, 2.05) is 70.2 Å². The molecule has 0 bridgehead atoms. The molecule has 2 aromatic carbocycles. The first-order valence-corrected chi connectivity index (χ1v) is 14.2. The maximum atomic E-state index is 13.3. The number of hydrogen-bond donors (Lipinski definition) is 1. The van der Waals surface area contributed by atoms with Gasteiger partial charge in [-0.05, 0) is 76.4 Å². The number of aryl methyl sites for hydroxylation is 1. The lowest BCUT2D eigenvalue weighted by molar-refractivity contribution is -0.141. The summed E-state index contributed by atoms with van der Waals surface area (Å²) in [5.74, 6) is -0.442. The molecule has 0 fully saturated rings. The van der Waals surface area contributed by atoms with Gasteiger partial charge >= 0.3 is 0 Å². The molecule has 0 aliphatic carbocycles. The number of sulfonamides is 1. The van der Waals surface area contributed by atoms with Crippen molar-refractivity contribution in [2.45, 2.75) is 65.6 Å². The Bertz CT molecular complexity index is 1130. The average molecular weight is 567 g/mol. The fourth-order valence-corrected chi connectivity index (χ4v) is 4.85. The summed E-state index contributed by atoms with van der Waals surface area (Å²) in [6.07, 6.45) is 1.60. The second-order valence-electron chi connectivity index (χ2n) is 9.84. The molecule has 0 aliphatic heterocycles. The molecule has 0 heterocycles. The molecule has 0 unspecified atom stereocenters. The van der Waals surface area contributed by atoms with Crippen LogP contribution in [-0.2, 0) is 26.2 Å². The van der Waals surface area contributed by atoms with Crippen molar-refractivity contribution in [3.05, 3.63) is 64.1 Å². The van der Waals surface area contributed by atoms with Crippen molar-refractivity contribution in [1.29, 1.82) is 0 Å². The Balaban J connectivity index is 2.18. The number of halogens is 1. The lowest BCUT2D eigenvalue weighted by atomic mass is 10.1. The van der Waals surface area contributed by atoms with Crippen LogP contribution in [0.25, 0.3) is 0 Å². The Morgan fingerprint density at radius 3 is 2.26 bits per heavy atom. The molecular weight excluding hydrogens is 530 g/mol. The monoisotopic (exact) mass is 565 g/mol. The van der Waals surface area contributed by atoms with Gasteiger partial charge in [0.25, 0.3) is 0 Å². The molecule has 7 nitrogen and oxygen atoms in total. The molecule has 0 spiro atoms. The van der Waals surface area contributed by atoms with Crippen LogP contribution in [0.15, 0.2) is 53.0 Å². The Hall–Kier alpha value is -2.39. The number of amides is 2. The molecule has 0 saturated heterocycles. The van der Waals surface area contributed by atoms with E-state index in [4.69, 9.17) is 0 Å². The quantitative estimate of drug-likeness (QED) is 0.454. The summed E-state index contributed by atoms with van der Waals surface area (Å²) in [6.45, 7) is 9.74. The van der Waals surface area contributed by atoms with Crippen LogP contribution in [0.1, 0.15) is 51.7 Å². The topological polar surface area (TPSA) is 86.8 Å². The number of hydrogen-bond acceptors (Lipinski definition) is 4. The maximum absolute atomic E-state index is 13.3. The van der Waals surface area contributed by atoms with Crippen LogP contribution in [0.4, 0.5) is 5.69 Å². The van der Waals surface area contributed by atoms with Crippen LogP contribution in [0.2, 0.25) is 0 Å². The van der Waals surface area contributed by atoms with Gasteiger partial charge in [0, 0.05) is 29.5 Å². The first-order chi connectivity index (χ1) is 16.2. The van der Waals surface area contributed by atoms with Crippen molar-refractivity contribution >= 4 is 43.5 Å². The smallest absolute Gasteiger partial charge is 0.242 e. The second-order valence-corrected chi connectivity index (χ2v) is 12.7. The Labute approximate surface area is 218 Å². The number of benzene rings is 2. The van der Waals surface area contributed by atoms with E-state index in [0.29, 0.717) is 12.1 Å². The van der Waals surface area contributed by atoms with Crippen LogP contribution in [0.3, 0.4) is 0 Å². The van der Waals surface area contributed by atoms with E-state index < -0.39 is 21.6 Å². The van der Waals surface area contributed by atoms with Gasteiger partial charge in [-0.1, -0.05) is 40.2 Å². The molecule has 0 saturated carbocycles. The van der Waals surface area contributed by atoms with Gasteiger partial charge in [0.05, 0.1) is 11.9 Å². The van der Waals surface area contributed by atoms with E-state index in [2.05, 4.69) is 21.2 Å². The zero-order chi connectivity index (χ0) is 26.4. The van der Waals surface area contributed by atoms with Crippen molar-refractivity contribution in [1.82, 2.24) is 10.2 Å². The van der Waals surface area contributed by atoms with Gasteiger partial charge in [-0.15, -0.1) is 0 Å². The minimum Gasteiger partial charge on any atom is -0.350 e. The van der Waals surface area contributed by atoms with E-state index in [0.717, 1.165) is 21.9 Å². The lowest BCUT2D eigenvalue weighted by Gasteiger charge is -2.32. The molecule has 192 valence electrons. The number of nitrogens with zero attached hydrogens (tertiary/aromatic N) is 2. The summed E-state index contributed by atoms with van der Waals surface area (Å²) in [6, 6.07) is 14.2. The molecule has 2 rings (SSSR count). The van der Waals surface area contributed by atoms with Gasteiger partial charge in [-0.25, -0.2) is 8.42 Å². The van der Waals surface area contributed by atoms with Gasteiger partial charge < -0.3 is 10.2 Å². The number of anilines is 1. The predicted octanol–water partition coefficient (Wildman–Crippen LogP) is 4.64. The van der Waals surface area contributed by atoms with E-state index in [-0.39, 0.29) is 31.3 Å². The van der Waals surface area contributed by atoms with Gasteiger partial charge in [-0.2, -0.15) is 0 Å². The SMILES string of the molecule is Cc1cccc(N(CCCC(=O)N(Cc2ccc(Br)cc2)[C@@H](C)C(=O)NC(C)(C)C)S(C)(=O)=O)c1. The summed E-state index contributed by atoms with van der Waals surface area (Å²) < 4.78 is 27.1. The molecule has 0 aromatic heterocycles. The molecule has 1 atom stereocenters. The normalized spacial score (nSPS) is 12.7. The highest BCUT2D eigenvalue weighted by atomic mass is 79.9. The molecule has 35 heavy (non-hydrogen) atoms. The Morgan fingerprint density at radius 1 is 1.09 bits per heavy atom. The number of carbonyl (C=O) groups is 2. The van der Waals surface area contributed by atoms with Crippen molar-refractivity contribution in [2.75, 3.05) is 17.1 Å². The molecule has 1 N–H and O–H groups in total. The number of nitrogens with one attached hydrogen (secondary N) is 1. The maximum Gasteiger partial charge on any atom is 0.242 e. The van der Waals surface area contributed by atoms with Gasteiger partial charge in [0.15, 0.2) is 0 Å². The Kier molecular flexibility index (Phi) is 9.92. The molecule has 2 amide bonds. The third kappa shape index (κ3) is 9.29. The number of carbonyl (C=O) groups excluding carboxylic acids is 2. The Morgan fingerprint density at radius 2 is 1.71 bits per heavy atom. The fraction of sp³-hybridized carbons (Fsp3) is 0.462. The zero-order valence-corrected chi connectivity index (χ0v) is 23.7. The van der Waals surface area contributed by atoms with Crippen LogP contribution in [0.5, 0.6) is 0 Å². The largest absolute Gasteiger partial charge is 0.350 e. The van der Waals surface area contributed by atoms with Gasteiger partial charge in [-0.3, -0.25) is 13.9 Å².